The van der Waals surface area contributed by atoms with Crippen LogP contribution in [0.15, 0.2) is 48.9 Å². The molecule has 1 aromatic carbocycles. The quantitative estimate of drug-likeness (QED) is 0.901. The monoisotopic (exact) mass is 366 g/mol. The van der Waals surface area contributed by atoms with Crippen molar-refractivity contribution >= 4 is 11.7 Å². The van der Waals surface area contributed by atoms with Gasteiger partial charge in [-0.25, -0.2) is 9.97 Å². The Bertz CT molecular complexity index is 739. The van der Waals surface area contributed by atoms with E-state index in [1.165, 1.54) is 0 Å². The van der Waals surface area contributed by atoms with Gasteiger partial charge < -0.3 is 15.0 Å². The third-order valence-corrected chi connectivity index (χ3v) is 5.80. The Kier molecular flexibility index (Phi) is 5.34. The molecule has 0 unspecified atom stereocenters. The first-order valence-corrected chi connectivity index (χ1v) is 9.73. The fraction of sp³-hybridized carbons (Fsp3) is 0.476. The number of hydrogen-bond acceptors (Lipinski definition) is 5. The van der Waals surface area contributed by atoms with Crippen LogP contribution < -0.4 is 5.32 Å². The number of rotatable bonds is 4. The Morgan fingerprint density at radius 2 is 1.85 bits per heavy atom. The first kappa shape index (κ1) is 17.9. The van der Waals surface area contributed by atoms with Crippen LogP contribution in [-0.2, 0) is 14.9 Å². The topological polar surface area (TPSA) is 67.4 Å². The zero-order valence-electron chi connectivity index (χ0n) is 15.5. The van der Waals surface area contributed by atoms with Crippen LogP contribution in [0.5, 0.6) is 0 Å². The van der Waals surface area contributed by atoms with E-state index in [2.05, 4.69) is 32.3 Å². The zero-order valence-corrected chi connectivity index (χ0v) is 15.5. The number of nitrogens with zero attached hydrogens (tertiary/aromatic N) is 3. The average Bonchev–Trinajstić information content (AvgIpc) is 2.76. The number of nitrogens with one attached hydrogen (secondary N) is 1. The molecule has 3 heterocycles. The Hall–Kier alpha value is -2.47. The Balaban J connectivity index is 1.44. The second-order valence-electron chi connectivity index (χ2n) is 7.37. The highest BCUT2D eigenvalue weighted by Crippen LogP contribution is 2.37. The van der Waals surface area contributed by atoms with Gasteiger partial charge in [-0.15, -0.1) is 0 Å². The summed E-state index contributed by atoms with van der Waals surface area (Å²) in [5, 5.41) is 3.45. The maximum Gasteiger partial charge on any atom is 0.233 e. The summed E-state index contributed by atoms with van der Waals surface area (Å²) in [5.41, 5.74) is 0.687. The van der Waals surface area contributed by atoms with Crippen molar-refractivity contribution in [1.82, 2.24) is 14.9 Å². The van der Waals surface area contributed by atoms with Crippen LogP contribution >= 0.6 is 0 Å². The van der Waals surface area contributed by atoms with Crippen LogP contribution in [0.25, 0.3) is 0 Å². The molecule has 4 rings (SSSR count). The molecular weight excluding hydrogens is 340 g/mol. The lowest BCUT2D eigenvalue weighted by molar-refractivity contribution is -0.142. The van der Waals surface area contributed by atoms with Crippen LogP contribution in [0.4, 0.5) is 5.82 Å². The van der Waals surface area contributed by atoms with E-state index >= 15 is 0 Å². The Labute approximate surface area is 160 Å². The molecule has 6 nitrogen and oxygen atoms in total. The van der Waals surface area contributed by atoms with Gasteiger partial charge in [0.2, 0.25) is 5.91 Å². The van der Waals surface area contributed by atoms with Gasteiger partial charge in [0.25, 0.3) is 0 Å². The molecule has 0 radical (unpaired) electrons. The fourth-order valence-corrected chi connectivity index (χ4v) is 4.22. The summed E-state index contributed by atoms with van der Waals surface area (Å²) in [4.78, 5) is 23.8. The molecule has 0 aliphatic carbocycles. The molecule has 1 amide bonds. The van der Waals surface area contributed by atoms with Crippen LogP contribution in [0.1, 0.15) is 31.2 Å². The van der Waals surface area contributed by atoms with Gasteiger partial charge in [-0.1, -0.05) is 30.3 Å². The molecule has 2 saturated heterocycles. The van der Waals surface area contributed by atoms with Crippen molar-refractivity contribution in [3.63, 3.8) is 0 Å². The molecule has 2 aliphatic heterocycles. The number of hydrogen-bond donors (Lipinski definition) is 1. The lowest BCUT2D eigenvalue weighted by atomic mass is 9.72. The first-order valence-electron chi connectivity index (χ1n) is 9.73. The van der Waals surface area contributed by atoms with Gasteiger partial charge in [0, 0.05) is 38.5 Å². The smallest absolute Gasteiger partial charge is 0.233 e. The van der Waals surface area contributed by atoms with E-state index in [0.717, 1.165) is 50.2 Å². The second kappa shape index (κ2) is 8.05. The Morgan fingerprint density at radius 3 is 2.52 bits per heavy atom. The van der Waals surface area contributed by atoms with Crippen molar-refractivity contribution in [3.05, 3.63) is 54.5 Å². The highest BCUT2D eigenvalue weighted by atomic mass is 16.5. The van der Waals surface area contributed by atoms with Gasteiger partial charge in [-0.2, -0.15) is 0 Å². The number of carbonyl (C=O) groups excluding carboxylic acids is 1. The molecule has 0 saturated carbocycles. The van der Waals surface area contributed by atoms with Crippen molar-refractivity contribution in [2.45, 2.75) is 37.1 Å². The maximum atomic E-state index is 13.6. The molecule has 2 aromatic rings. The number of aromatic nitrogens is 2. The van der Waals surface area contributed by atoms with Crippen LogP contribution in [-0.4, -0.2) is 53.1 Å². The number of piperidine rings is 1. The van der Waals surface area contributed by atoms with Crippen molar-refractivity contribution in [1.29, 1.82) is 0 Å². The second-order valence-corrected chi connectivity index (χ2v) is 7.37. The molecule has 1 N–H and O–H groups in total. The summed E-state index contributed by atoms with van der Waals surface area (Å²) in [6.45, 7) is 2.84. The number of benzene rings is 1. The molecule has 27 heavy (non-hydrogen) atoms. The number of anilines is 1. The van der Waals surface area contributed by atoms with E-state index in [9.17, 15) is 4.79 Å². The largest absolute Gasteiger partial charge is 0.381 e. The summed E-state index contributed by atoms with van der Waals surface area (Å²) in [7, 11) is 0. The molecule has 0 spiro atoms. The first-order chi connectivity index (χ1) is 13.3. The third-order valence-electron chi connectivity index (χ3n) is 5.80. The fourth-order valence-electron chi connectivity index (χ4n) is 4.22. The predicted molar refractivity (Wildman–Crippen MR) is 103 cm³/mol. The maximum absolute atomic E-state index is 13.6. The molecule has 1 aromatic heterocycles. The van der Waals surface area contributed by atoms with E-state index in [4.69, 9.17) is 4.74 Å². The minimum Gasteiger partial charge on any atom is -0.381 e. The Morgan fingerprint density at radius 1 is 1.11 bits per heavy atom. The SMILES string of the molecule is O=C(N1CCC(Nc2ccncn2)CC1)C1(c2ccccc2)CCOCC1. The molecule has 2 fully saturated rings. The predicted octanol–water partition coefficient (Wildman–Crippen LogP) is 2.63. The third kappa shape index (κ3) is 3.81. The zero-order chi connectivity index (χ0) is 18.5. The van der Waals surface area contributed by atoms with E-state index in [1.54, 1.807) is 12.5 Å². The van der Waals surface area contributed by atoms with Gasteiger partial charge in [0.05, 0.1) is 5.41 Å². The van der Waals surface area contributed by atoms with E-state index in [0.29, 0.717) is 19.3 Å². The standard InChI is InChI=1S/C21H26N4O2/c26-20(21(9-14-27-15-10-21)17-4-2-1-3-5-17)25-12-7-18(8-13-25)24-19-6-11-22-16-23-19/h1-6,11,16,18H,7-10,12-15H2,(H,22,23,24). The lowest BCUT2D eigenvalue weighted by Crippen LogP contribution is -2.53. The van der Waals surface area contributed by atoms with E-state index in [1.807, 2.05) is 24.3 Å². The average molecular weight is 366 g/mol. The van der Waals surface area contributed by atoms with Gasteiger partial charge in [0.15, 0.2) is 0 Å². The van der Waals surface area contributed by atoms with Crippen LogP contribution in [0.2, 0.25) is 0 Å². The molecular formula is C21H26N4O2. The number of likely N-dealkylation sites (tertiary alicyclic amines) is 1. The molecule has 142 valence electrons. The van der Waals surface area contributed by atoms with Gasteiger partial charge in [-0.05, 0) is 37.3 Å². The van der Waals surface area contributed by atoms with Crippen LogP contribution in [0, 0.1) is 0 Å². The molecule has 0 bridgehead atoms. The van der Waals surface area contributed by atoms with Gasteiger partial charge >= 0.3 is 0 Å². The highest BCUT2D eigenvalue weighted by Gasteiger charge is 2.44. The number of amides is 1. The minimum atomic E-state index is -0.438. The van der Waals surface area contributed by atoms with Crippen LogP contribution in [0.3, 0.4) is 0 Å². The van der Waals surface area contributed by atoms with Gasteiger partial charge in [-0.3, -0.25) is 4.79 Å². The number of carbonyl (C=O) groups is 1. The minimum absolute atomic E-state index is 0.262. The van der Waals surface area contributed by atoms with Crippen molar-refractivity contribution in [3.8, 4) is 0 Å². The van der Waals surface area contributed by atoms with Crippen molar-refractivity contribution < 1.29 is 9.53 Å². The van der Waals surface area contributed by atoms with Crippen molar-refractivity contribution in [2.24, 2.45) is 0 Å². The lowest BCUT2D eigenvalue weighted by Gasteiger charge is -2.42. The summed E-state index contributed by atoms with van der Waals surface area (Å²) >= 11 is 0. The molecule has 6 heteroatoms. The normalized spacial score (nSPS) is 20.2. The van der Waals surface area contributed by atoms with Crippen molar-refractivity contribution in [2.75, 3.05) is 31.6 Å². The summed E-state index contributed by atoms with van der Waals surface area (Å²) in [6, 6.07) is 12.5. The van der Waals surface area contributed by atoms with E-state index < -0.39 is 5.41 Å². The highest BCUT2D eigenvalue weighted by molar-refractivity contribution is 5.88. The molecule has 0 atom stereocenters. The molecule has 2 aliphatic rings. The number of ether oxygens (including phenoxy) is 1. The van der Waals surface area contributed by atoms with E-state index in [-0.39, 0.29) is 5.91 Å². The summed E-state index contributed by atoms with van der Waals surface area (Å²) in [5.74, 6) is 1.11. The summed E-state index contributed by atoms with van der Waals surface area (Å²) in [6.07, 6.45) is 6.66. The summed E-state index contributed by atoms with van der Waals surface area (Å²) < 4.78 is 5.57. The van der Waals surface area contributed by atoms with Gasteiger partial charge in [0.1, 0.15) is 12.1 Å².